The summed E-state index contributed by atoms with van der Waals surface area (Å²) >= 11 is 0. The molecule has 1 aromatic carbocycles. The zero-order chi connectivity index (χ0) is 11.4. The summed E-state index contributed by atoms with van der Waals surface area (Å²) in [5.41, 5.74) is 1.43. The maximum absolute atomic E-state index is 3.49. The van der Waals surface area contributed by atoms with Crippen LogP contribution in [0.1, 0.15) is 19.4 Å². The topological polar surface area (TPSA) is 15.3 Å². The van der Waals surface area contributed by atoms with Crippen molar-refractivity contribution >= 4 is 0 Å². The van der Waals surface area contributed by atoms with Gasteiger partial charge in [0.25, 0.3) is 0 Å². The minimum Gasteiger partial charge on any atom is -0.314 e. The Morgan fingerprint density at radius 3 is 2.75 bits per heavy atom. The molecule has 1 aromatic rings. The van der Waals surface area contributed by atoms with Crippen molar-refractivity contribution in [1.29, 1.82) is 0 Å². The predicted octanol–water partition coefficient (Wildman–Crippen LogP) is 2.12. The van der Waals surface area contributed by atoms with E-state index in [-0.39, 0.29) is 0 Å². The summed E-state index contributed by atoms with van der Waals surface area (Å²) in [6.45, 7) is 9.13. The van der Waals surface area contributed by atoms with Gasteiger partial charge in [0.1, 0.15) is 0 Å². The highest BCUT2D eigenvalue weighted by molar-refractivity contribution is 5.14. The molecule has 0 aliphatic carbocycles. The van der Waals surface area contributed by atoms with Crippen molar-refractivity contribution in [2.75, 3.05) is 19.6 Å². The minimum absolute atomic E-state index is 0.675. The van der Waals surface area contributed by atoms with Gasteiger partial charge in [-0.1, -0.05) is 44.2 Å². The van der Waals surface area contributed by atoms with Crippen LogP contribution in [-0.4, -0.2) is 30.6 Å². The summed E-state index contributed by atoms with van der Waals surface area (Å²) in [4.78, 5) is 2.61. The standard InChI is InChI=1S/C14H22N2/c1-12(2)14-10-15-8-9-16(14)11-13-6-4-3-5-7-13/h3-7,12,14-15H,8-11H2,1-2H3. The Morgan fingerprint density at radius 1 is 1.31 bits per heavy atom. The number of nitrogens with one attached hydrogen (secondary N) is 1. The zero-order valence-corrected chi connectivity index (χ0v) is 10.3. The molecule has 2 rings (SSSR count). The highest BCUT2D eigenvalue weighted by Gasteiger charge is 2.24. The quantitative estimate of drug-likeness (QED) is 0.836. The van der Waals surface area contributed by atoms with E-state index in [9.17, 15) is 0 Å². The molecule has 0 saturated carbocycles. The lowest BCUT2D eigenvalue weighted by atomic mass is 10.00. The van der Waals surface area contributed by atoms with Gasteiger partial charge in [0.05, 0.1) is 0 Å². The molecule has 2 heteroatoms. The molecule has 0 aromatic heterocycles. The van der Waals surface area contributed by atoms with Crippen LogP contribution >= 0.6 is 0 Å². The molecule has 1 heterocycles. The van der Waals surface area contributed by atoms with E-state index in [0.717, 1.165) is 32.1 Å². The first-order chi connectivity index (χ1) is 7.77. The first-order valence-corrected chi connectivity index (χ1v) is 6.26. The summed E-state index contributed by atoms with van der Waals surface area (Å²) in [5.74, 6) is 0.719. The van der Waals surface area contributed by atoms with Crippen LogP contribution in [0.4, 0.5) is 0 Å². The Hall–Kier alpha value is -0.860. The zero-order valence-electron chi connectivity index (χ0n) is 10.3. The van der Waals surface area contributed by atoms with E-state index in [1.54, 1.807) is 0 Å². The van der Waals surface area contributed by atoms with E-state index in [0.29, 0.717) is 6.04 Å². The monoisotopic (exact) mass is 218 g/mol. The van der Waals surface area contributed by atoms with Gasteiger partial charge >= 0.3 is 0 Å². The summed E-state index contributed by atoms with van der Waals surface area (Å²) < 4.78 is 0. The molecule has 0 spiro atoms. The fraction of sp³-hybridized carbons (Fsp3) is 0.571. The van der Waals surface area contributed by atoms with Crippen LogP contribution in [0.3, 0.4) is 0 Å². The lowest BCUT2D eigenvalue weighted by Gasteiger charge is -2.38. The van der Waals surface area contributed by atoms with E-state index in [1.165, 1.54) is 5.56 Å². The maximum Gasteiger partial charge on any atom is 0.0247 e. The molecule has 88 valence electrons. The number of benzene rings is 1. The third-order valence-corrected chi connectivity index (χ3v) is 3.40. The molecule has 0 radical (unpaired) electrons. The highest BCUT2D eigenvalue weighted by Crippen LogP contribution is 2.16. The molecule has 1 N–H and O–H groups in total. The number of hydrogen-bond donors (Lipinski definition) is 1. The van der Waals surface area contributed by atoms with Crippen LogP contribution in [0.15, 0.2) is 30.3 Å². The smallest absolute Gasteiger partial charge is 0.0247 e. The molecule has 1 aliphatic heterocycles. The Bertz CT molecular complexity index is 308. The molecule has 16 heavy (non-hydrogen) atoms. The molecule has 1 atom stereocenters. The number of rotatable bonds is 3. The van der Waals surface area contributed by atoms with Gasteiger partial charge in [-0.15, -0.1) is 0 Å². The Kier molecular flexibility index (Phi) is 3.97. The molecule has 2 nitrogen and oxygen atoms in total. The van der Waals surface area contributed by atoms with E-state index in [1.807, 2.05) is 0 Å². The van der Waals surface area contributed by atoms with E-state index < -0.39 is 0 Å². The summed E-state index contributed by atoms with van der Waals surface area (Å²) in [5, 5.41) is 3.49. The number of hydrogen-bond acceptors (Lipinski definition) is 2. The molecule has 0 bridgehead atoms. The fourth-order valence-corrected chi connectivity index (χ4v) is 2.44. The average molecular weight is 218 g/mol. The second-order valence-corrected chi connectivity index (χ2v) is 4.97. The van der Waals surface area contributed by atoms with Gasteiger partial charge in [-0.3, -0.25) is 4.90 Å². The van der Waals surface area contributed by atoms with Crippen LogP contribution in [0.2, 0.25) is 0 Å². The molecule has 1 aliphatic rings. The maximum atomic E-state index is 3.49. The third-order valence-electron chi connectivity index (χ3n) is 3.40. The van der Waals surface area contributed by atoms with Crippen molar-refractivity contribution < 1.29 is 0 Å². The first-order valence-electron chi connectivity index (χ1n) is 6.26. The van der Waals surface area contributed by atoms with Crippen LogP contribution in [-0.2, 0) is 6.54 Å². The lowest BCUT2D eigenvalue weighted by Crippen LogP contribution is -2.52. The highest BCUT2D eigenvalue weighted by atomic mass is 15.2. The molecule has 0 amide bonds. The molecule has 1 fully saturated rings. The average Bonchev–Trinajstić information content (AvgIpc) is 2.31. The number of piperazine rings is 1. The Balaban J connectivity index is 2.01. The van der Waals surface area contributed by atoms with Crippen molar-refractivity contribution in [2.24, 2.45) is 5.92 Å². The molecular formula is C14H22N2. The fourth-order valence-electron chi connectivity index (χ4n) is 2.44. The van der Waals surface area contributed by atoms with Crippen molar-refractivity contribution in [3.63, 3.8) is 0 Å². The van der Waals surface area contributed by atoms with Crippen LogP contribution in [0, 0.1) is 5.92 Å². The Morgan fingerprint density at radius 2 is 2.06 bits per heavy atom. The van der Waals surface area contributed by atoms with Gasteiger partial charge in [0.15, 0.2) is 0 Å². The van der Waals surface area contributed by atoms with Gasteiger partial charge in [0, 0.05) is 32.2 Å². The van der Waals surface area contributed by atoms with Gasteiger partial charge in [-0.2, -0.15) is 0 Å². The summed E-state index contributed by atoms with van der Waals surface area (Å²) in [7, 11) is 0. The van der Waals surface area contributed by atoms with Crippen molar-refractivity contribution in [2.45, 2.75) is 26.4 Å². The molecule has 1 saturated heterocycles. The van der Waals surface area contributed by atoms with Crippen LogP contribution in [0.25, 0.3) is 0 Å². The van der Waals surface area contributed by atoms with E-state index >= 15 is 0 Å². The van der Waals surface area contributed by atoms with Crippen LogP contribution in [0.5, 0.6) is 0 Å². The van der Waals surface area contributed by atoms with Gasteiger partial charge < -0.3 is 5.32 Å². The summed E-state index contributed by atoms with van der Waals surface area (Å²) in [6, 6.07) is 11.5. The van der Waals surface area contributed by atoms with Crippen molar-refractivity contribution in [3.05, 3.63) is 35.9 Å². The molecule has 1 unspecified atom stereocenters. The second-order valence-electron chi connectivity index (χ2n) is 4.97. The van der Waals surface area contributed by atoms with Crippen molar-refractivity contribution in [3.8, 4) is 0 Å². The Labute approximate surface area is 98.7 Å². The second kappa shape index (κ2) is 5.46. The predicted molar refractivity (Wildman–Crippen MR) is 68.3 cm³/mol. The summed E-state index contributed by atoms with van der Waals surface area (Å²) in [6.07, 6.45) is 0. The van der Waals surface area contributed by atoms with Gasteiger partial charge in [-0.05, 0) is 11.5 Å². The van der Waals surface area contributed by atoms with Gasteiger partial charge in [-0.25, -0.2) is 0 Å². The first kappa shape index (κ1) is 11.6. The van der Waals surface area contributed by atoms with Crippen molar-refractivity contribution in [1.82, 2.24) is 10.2 Å². The van der Waals surface area contributed by atoms with E-state index in [4.69, 9.17) is 0 Å². The van der Waals surface area contributed by atoms with Crippen LogP contribution < -0.4 is 5.32 Å². The SMILES string of the molecule is CC(C)C1CNCCN1Cc1ccccc1. The largest absolute Gasteiger partial charge is 0.314 e. The molecular weight excluding hydrogens is 196 g/mol. The third kappa shape index (κ3) is 2.83. The number of nitrogens with zero attached hydrogens (tertiary/aromatic N) is 1. The lowest BCUT2D eigenvalue weighted by molar-refractivity contribution is 0.117. The normalized spacial score (nSPS) is 22.6. The minimum atomic E-state index is 0.675. The van der Waals surface area contributed by atoms with Gasteiger partial charge in [0.2, 0.25) is 0 Å². The van der Waals surface area contributed by atoms with E-state index in [2.05, 4.69) is 54.4 Å².